The molecule has 1 aromatic carbocycles. The van der Waals surface area contributed by atoms with Crippen molar-refractivity contribution in [3.8, 4) is 11.5 Å². The molecule has 2 aromatic heterocycles. The molecule has 0 saturated carbocycles. The number of pyridine rings is 1. The Hall–Kier alpha value is -2.47. The average molecular weight is 305 g/mol. The predicted molar refractivity (Wildman–Crippen MR) is 76.2 cm³/mol. The molecule has 0 bridgehead atoms. The highest BCUT2D eigenvalue weighted by atomic mass is 35.5. The first kappa shape index (κ1) is 13.5. The Labute approximate surface area is 124 Å². The molecule has 106 valence electrons. The molecule has 0 atom stereocenters. The van der Waals surface area contributed by atoms with Crippen LogP contribution in [-0.4, -0.2) is 15.1 Å². The Morgan fingerprint density at radius 1 is 1.29 bits per heavy atom. The Bertz CT molecular complexity index is 770. The Balaban J connectivity index is 1.91. The van der Waals surface area contributed by atoms with Gasteiger partial charge in [-0.1, -0.05) is 22.8 Å². The van der Waals surface area contributed by atoms with Crippen LogP contribution in [0.3, 0.4) is 0 Å². The van der Waals surface area contributed by atoms with Gasteiger partial charge in [-0.25, -0.2) is 4.39 Å². The summed E-state index contributed by atoms with van der Waals surface area (Å²) in [4.78, 5) is 8.09. The largest absolute Gasteiger partial charge is 0.397 e. The highest BCUT2D eigenvalue weighted by Crippen LogP contribution is 2.25. The van der Waals surface area contributed by atoms with E-state index in [4.69, 9.17) is 21.9 Å². The molecular formula is C14H10ClFN4O. The minimum Gasteiger partial charge on any atom is -0.397 e. The molecule has 2 heterocycles. The molecule has 0 amide bonds. The van der Waals surface area contributed by atoms with Crippen LogP contribution in [0.4, 0.5) is 10.1 Å². The van der Waals surface area contributed by atoms with E-state index in [2.05, 4.69) is 15.1 Å². The molecule has 3 aromatic rings. The van der Waals surface area contributed by atoms with Crippen LogP contribution in [0.2, 0.25) is 5.02 Å². The number of hydrogen-bond donors (Lipinski definition) is 1. The van der Waals surface area contributed by atoms with Crippen molar-refractivity contribution >= 4 is 17.3 Å². The van der Waals surface area contributed by atoms with E-state index in [1.807, 2.05) is 0 Å². The maximum atomic E-state index is 13.7. The molecule has 5 nitrogen and oxygen atoms in total. The van der Waals surface area contributed by atoms with Crippen molar-refractivity contribution in [2.24, 2.45) is 0 Å². The van der Waals surface area contributed by atoms with E-state index in [9.17, 15) is 4.39 Å². The van der Waals surface area contributed by atoms with Gasteiger partial charge in [0.2, 0.25) is 0 Å². The second-order valence-corrected chi connectivity index (χ2v) is 4.76. The van der Waals surface area contributed by atoms with Crippen molar-refractivity contribution in [3.05, 3.63) is 58.9 Å². The molecule has 0 aliphatic rings. The standard InChI is InChI=1S/C14H10ClFN4O/c15-10-2-1-3-11(16)9(10)6-13-19-14(21-20-13)8-4-5-18-7-12(8)17/h1-5,7H,6,17H2. The first-order chi connectivity index (χ1) is 10.1. The second kappa shape index (κ2) is 5.49. The maximum Gasteiger partial charge on any atom is 0.260 e. The van der Waals surface area contributed by atoms with Crippen LogP contribution in [0.5, 0.6) is 0 Å². The van der Waals surface area contributed by atoms with Gasteiger partial charge >= 0.3 is 0 Å². The van der Waals surface area contributed by atoms with Gasteiger partial charge < -0.3 is 10.3 Å². The lowest BCUT2D eigenvalue weighted by Gasteiger charge is -2.01. The van der Waals surface area contributed by atoms with Crippen molar-refractivity contribution in [3.63, 3.8) is 0 Å². The third-order valence-electron chi connectivity index (χ3n) is 2.95. The van der Waals surface area contributed by atoms with E-state index >= 15 is 0 Å². The zero-order valence-corrected chi connectivity index (χ0v) is 11.5. The molecule has 0 unspecified atom stereocenters. The Kier molecular flexibility index (Phi) is 3.53. The summed E-state index contributed by atoms with van der Waals surface area (Å²) in [5.74, 6) is 0.183. The molecule has 0 aliphatic heterocycles. The number of nitrogen functional groups attached to an aromatic ring is 1. The van der Waals surface area contributed by atoms with Gasteiger partial charge in [-0.2, -0.15) is 4.98 Å². The Morgan fingerprint density at radius 3 is 2.90 bits per heavy atom. The molecule has 3 rings (SSSR count). The minimum atomic E-state index is -0.405. The third kappa shape index (κ3) is 2.71. The summed E-state index contributed by atoms with van der Waals surface area (Å²) in [5.41, 5.74) is 7.13. The van der Waals surface area contributed by atoms with E-state index < -0.39 is 5.82 Å². The van der Waals surface area contributed by atoms with Crippen molar-refractivity contribution in [1.82, 2.24) is 15.1 Å². The second-order valence-electron chi connectivity index (χ2n) is 4.36. The number of halogens is 2. The monoisotopic (exact) mass is 304 g/mol. The van der Waals surface area contributed by atoms with Crippen LogP contribution in [0.15, 0.2) is 41.2 Å². The lowest BCUT2D eigenvalue weighted by atomic mass is 10.1. The summed E-state index contributed by atoms with van der Waals surface area (Å²) >= 11 is 5.97. The predicted octanol–water partition coefficient (Wildman–Crippen LogP) is 3.10. The SMILES string of the molecule is Nc1cnccc1-c1nc(Cc2c(F)cccc2Cl)no1. The van der Waals surface area contributed by atoms with Crippen LogP contribution in [0.1, 0.15) is 11.4 Å². The van der Waals surface area contributed by atoms with Crippen molar-refractivity contribution < 1.29 is 8.91 Å². The van der Waals surface area contributed by atoms with Gasteiger partial charge in [0.25, 0.3) is 5.89 Å². The van der Waals surface area contributed by atoms with E-state index in [1.54, 1.807) is 24.4 Å². The summed E-state index contributed by atoms with van der Waals surface area (Å²) in [6, 6.07) is 6.16. The van der Waals surface area contributed by atoms with E-state index in [-0.39, 0.29) is 12.3 Å². The highest BCUT2D eigenvalue weighted by Gasteiger charge is 2.15. The lowest BCUT2D eigenvalue weighted by molar-refractivity contribution is 0.423. The first-order valence-corrected chi connectivity index (χ1v) is 6.48. The fourth-order valence-corrected chi connectivity index (χ4v) is 2.13. The fraction of sp³-hybridized carbons (Fsp3) is 0.0714. The summed E-state index contributed by atoms with van der Waals surface area (Å²) < 4.78 is 18.9. The minimum absolute atomic E-state index is 0.139. The quantitative estimate of drug-likeness (QED) is 0.804. The molecule has 2 N–H and O–H groups in total. The average Bonchev–Trinajstić information content (AvgIpc) is 2.92. The first-order valence-electron chi connectivity index (χ1n) is 6.10. The number of nitrogens with two attached hydrogens (primary N) is 1. The van der Waals surface area contributed by atoms with E-state index in [0.717, 1.165) is 0 Å². The zero-order chi connectivity index (χ0) is 14.8. The van der Waals surface area contributed by atoms with Crippen molar-refractivity contribution in [2.45, 2.75) is 6.42 Å². The normalized spacial score (nSPS) is 10.8. The third-order valence-corrected chi connectivity index (χ3v) is 3.30. The maximum absolute atomic E-state index is 13.7. The number of rotatable bonds is 3. The molecule has 7 heteroatoms. The Morgan fingerprint density at radius 2 is 2.14 bits per heavy atom. The van der Waals surface area contributed by atoms with Gasteiger partial charge in [0.05, 0.1) is 17.4 Å². The van der Waals surface area contributed by atoms with Crippen LogP contribution in [-0.2, 0) is 6.42 Å². The van der Waals surface area contributed by atoms with Crippen LogP contribution < -0.4 is 5.73 Å². The van der Waals surface area contributed by atoms with E-state index in [1.165, 1.54) is 12.3 Å². The summed E-state index contributed by atoms with van der Waals surface area (Å²) in [6.45, 7) is 0. The number of nitrogens with zero attached hydrogens (tertiary/aromatic N) is 3. The highest BCUT2D eigenvalue weighted by molar-refractivity contribution is 6.31. The topological polar surface area (TPSA) is 77.8 Å². The fourth-order valence-electron chi connectivity index (χ4n) is 1.90. The molecule has 21 heavy (non-hydrogen) atoms. The molecule has 0 fully saturated rings. The molecule has 0 aliphatic carbocycles. The molecule has 0 radical (unpaired) electrons. The van der Waals surface area contributed by atoms with Crippen molar-refractivity contribution in [2.75, 3.05) is 5.73 Å². The van der Waals surface area contributed by atoms with Gasteiger partial charge in [0, 0.05) is 23.2 Å². The zero-order valence-electron chi connectivity index (χ0n) is 10.8. The summed E-state index contributed by atoms with van der Waals surface area (Å²) in [7, 11) is 0. The van der Waals surface area contributed by atoms with Crippen LogP contribution >= 0.6 is 11.6 Å². The summed E-state index contributed by atoms with van der Waals surface area (Å²) in [6.07, 6.45) is 3.20. The van der Waals surface area contributed by atoms with E-state index in [0.29, 0.717) is 27.7 Å². The number of hydrogen-bond acceptors (Lipinski definition) is 5. The van der Waals surface area contributed by atoms with Crippen LogP contribution in [0, 0.1) is 5.82 Å². The summed E-state index contributed by atoms with van der Waals surface area (Å²) in [5, 5.41) is 4.15. The van der Waals surface area contributed by atoms with Crippen molar-refractivity contribution in [1.29, 1.82) is 0 Å². The number of benzene rings is 1. The lowest BCUT2D eigenvalue weighted by Crippen LogP contribution is -1.96. The number of anilines is 1. The number of aromatic nitrogens is 3. The molecule has 0 spiro atoms. The smallest absolute Gasteiger partial charge is 0.260 e. The molecule has 0 saturated heterocycles. The van der Waals surface area contributed by atoms with Gasteiger partial charge in [-0.15, -0.1) is 0 Å². The van der Waals surface area contributed by atoms with Crippen LogP contribution in [0.25, 0.3) is 11.5 Å². The van der Waals surface area contributed by atoms with Gasteiger partial charge in [-0.3, -0.25) is 4.98 Å². The van der Waals surface area contributed by atoms with Gasteiger partial charge in [-0.05, 0) is 18.2 Å². The van der Waals surface area contributed by atoms with Gasteiger partial charge in [0.15, 0.2) is 5.82 Å². The molecular weight excluding hydrogens is 295 g/mol. The van der Waals surface area contributed by atoms with Gasteiger partial charge in [0.1, 0.15) is 5.82 Å².